The van der Waals surface area contributed by atoms with Gasteiger partial charge < -0.3 is 20.5 Å². The number of nitrogens with zero attached hydrogens (tertiary/aromatic N) is 1. The molecular formula is C19H24FN3O2. The number of methoxy groups -OCH3 is 1. The average Bonchev–Trinajstić information content (AvgIpc) is 2.65. The van der Waals surface area contributed by atoms with E-state index in [1.807, 2.05) is 24.3 Å². The van der Waals surface area contributed by atoms with Crippen molar-refractivity contribution in [2.24, 2.45) is 4.99 Å². The second-order valence-corrected chi connectivity index (χ2v) is 5.50. The monoisotopic (exact) mass is 345 g/mol. The van der Waals surface area contributed by atoms with Crippen LogP contribution in [0.1, 0.15) is 16.7 Å². The summed E-state index contributed by atoms with van der Waals surface area (Å²) in [6.45, 7) is 0.874. The lowest BCUT2D eigenvalue weighted by atomic mass is 10.1. The van der Waals surface area contributed by atoms with Crippen LogP contribution in [0.15, 0.2) is 47.5 Å². The highest BCUT2D eigenvalue weighted by Gasteiger charge is 2.05. The van der Waals surface area contributed by atoms with Crippen LogP contribution in [0.5, 0.6) is 5.75 Å². The van der Waals surface area contributed by atoms with E-state index < -0.39 is 5.82 Å². The fourth-order valence-corrected chi connectivity index (χ4v) is 2.49. The van der Waals surface area contributed by atoms with Gasteiger partial charge in [-0.1, -0.05) is 24.3 Å². The molecule has 0 heterocycles. The number of halogens is 1. The second-order valence-electron chi connectivity index (χ2n) is 5.50. The summed E-state index contributed by atoms with van der Waals surface area (Å²) >= 11 is 0. The summed E-state index contributed by atoms with van der Waals surface area (Å²) < 4.78 is 18.7. The number of rotatable bonds is 7. The predicted octanol–water partition coefficient (Wildman–Crippen LogP) is 2.23. The molecule has 2 aromatic carbocycles. The molecule has 0 aliphatic rings. The van der Waals surface area contributed by atoms with E-state index in [1.165, 1.54) is 6.07 Å². The molecule has 0 unspecified atom stereocenters. The van der Waals surface area contributed by atoms with Crippen molar-refractivity contribution < 1.29 is 14.2 Å². The average molecular weight is 345 g/mol. The quantitative estimate of drug-likeness (QED) is 0.532. The lowest BCUT2D eigenvalue weighted by Gasteiger charge is -2.13. The van der Waals surface area contributed by atoms with Crippen LogP contribution in [0.4, 0.5) is 4.39 Å². The van der Waals surface area contributed by atoms with E-state index in [0.29, 0.717) is 24.6 Å². The van der Waals surface area contributed by atoms with Crippen molar-refractivity contribution in [1.82, 2.24) is 10.6 Å². The first-order chi connectivity index (χ1) is 12.2. The molecule has 0 saturated carbocycles. The Kier molecular flexibility index (Phi) is 7.22. The number of para-hydroxylation sites is 1. The Bertz CT molecular complexity index is 720. The number of hydrogen-bond acceptors (Lipinski definition) is 3. The molecule has 0 bridgehead atoms. The van der Waals surface area contributed by atoms with Gasteiger partial charge in [-0.2, -0.15) is 0 Å². The largest absolute Gasteiger partial charge is 0.496 e. The lowest BCUT2D eigenvalue weighted by Crippen LogP contribution is -2.37. The summed E-state index contributed by atoms with van der Waals surface area (Å²) in [5, 5.41) is 15.5. The zero-order valence-electron chi connectivity index (χ0n) is 14.6. The molecule has 0 spiro atoms. The number of aliphatic hydroxyl groups is 1. The third-order valence-corrected chi connectivity index (χ3v) is 3.84. The van der Waals surface area contributed by atoms with Gasteiger partial charge in [0.1, 0.15) is 11.6 Å². The number of aliphatic hydroxyl groups excluding tert-OH is 1. The normalized spacial score (nSPS) is 11.3. The number of hydrogen-bond donors (Lipinski definition) is 3. The van der Waals surface area contributed by atoms with Crippen LogP contribution < -0.4 is 15.4 Å². The first-order valence-corrected chi connectivity index (χ1v) is 8.12. The Labute approximate surface area is 147 Å². The van der Waals surface area contributed by atoms with Gasteiger partial charge in [0.25, 0.3) is 0 Å². The molecule has 0 amide bonds. The molecule has 0 aliphatic heterocycles. The highest BCUT2D eigenvalue weighted by molar-refractivity contribution is 5.79. The first kappa shape index (κ1) is 18.7. The van der Waals surface area contributed by atoms with E-state index in [2.05, 4.69) is 15.6 Å². The van der Waals surface area contributed by atoms with Crippen molar-refractivity contribution in [3.05, 3.63) is 65.0 Å². The van der Waals surface area contributed by atoms with Crippen LogP contribution in [0.25, 0.3) is 0 Å². The molecule has 134 valence electrons. The van der Waals surface area contributed by atoms with Gasteiger partial charge in [0.05, 0.1) is 13.7 Å². The minimum absolute atomic E-state index is 0.290. The van der Waals surface area contributed by atoms with E-state index >= 15 is 0 Å². The van der Waals surface area contributed by atoms with Crippen molar-refractivity contribution in [3.63, 3.8) is 0 Å². The molecule has 0 aliphatic carbocycles. The van der Waals surface area contributed by atoms with Crippen LogP contribution in [-0.2, 0) is 19.6 Å². The highest BCUT2D eigenvalue weighted by Crippen LogP contribution is 2.17. The van der Waals surface area contributed by atoms with Crippen molar-refractivity contribution in [2.75, 3.05) is 20.7 Å². The van der Waals surface area contributed by atoms with E-state index in [4.69, 9.17) is 9.84 Å². The first-order valence-electron chi connectivity index (χ1n) is 8.12. The minimum atomic E-state index is -0.398. The second kappa shape index (κ2) is 9.64. The van der Waals surface area contributed by atoms with E-state index in [9.17, 15) is 4.39 Å². The molecule has 2 aromatic rings. The lowest BCUT2D eigenvalue weighted by molar-refractivity contribution is 0.275. The van der Waals surface area contributed by atoms with E-state index in [0.717, 1.165) is 23.3 Å². The molecule has 0 aromatic heterocycles. The summed E-state index contributed by atoms with van der Waals surface area (Å²) in [6, 6.07) is 12.6. The summed E-state index contributed by atoms with van der Waals surface area (Å²) in [4.78, 5) is 4.18. The predicted molar refractivity (Wildman–Crippen MR) is 97.2 cm³/mol. The minimum Gasteiger partial charge on any atom is -0.496 e. The fourth-order valence-electron chi connectivity index (χ4n) is 2.49. The van der Waals surface area contributed by atoms with Crippen molar-refractivity contribution in [3.8, 4) is 5.75 Å². The van der Waals surface area contributed by atoms with Crippen molar-refractivity contribution in [1.29, 1.82) is 0 Å². The SMILES string of the molecule is CN=C(NCCc1ccccc1OC)NCc1ccc(F)c(CO)c1. The van der Waals surface area contributed by atoms with Crippen LogP contribution in [0.2, 0.25) is 0 Å². The molecule has 6 heteroatoms. The number of guanidine groups is 1. The van der Waals surface area contributed by atoms with Crippen LogP contribution in [-0.4, -0.2) is 31.8 Å². The van der Waals surface area contributed by atoms with Crippen molar-refractivity contribution in [2.45, 2.75) is 19.6 Å². The van der Waals surface area contributed by atoms with Crippen molar-refractivity contribution >= 4 is 5.96 Å². The Morgan fingerprint density at radius 3 is 2.68 bits per heavy atom. The fraction of sp³-hybridized carbons (Fsp3) is 0.316. The molecule has 2 rings (SSSR count). The maximum absolute atomic E-state index is 13.4. The molecule has 0 radical (unpaired) electrons. The smallest absolute Gasteiger partial charge is 0.191 e. The number of benzene rings is 2. The summed E-state index contributed by atoms with van der Waals surface area (Å²) in [5.41, 5.74) is 2.29. The Balaban J connectivity index is 1.85. The van der Waals surface area contributed by atoms with Gasteiger partial charge in [-0.25, -0.2) is 4.39 Å². The Hall–Kier alpha value is -2.60. The van der Waals surface area contributed by atoms with Gasteiger partial charge in [0, 0.05) is 25.7 Å². The molecular weight excluding hydrogens is 321 g/mol. The zero-order chi connectivity index (χ0) is 18.1. The maximum atomic E-state index is 13.4. The molecule has 5 nitrogen and oxygen atoms in total. The molecule has 0 saturated heterocycles. The number of aliphatic imine (C=N–C) groups is 1. The van der Waals surface area contributed by atoms with Gasteiger partial charge in [-0.3, -0.25) is 4.99 Å². The standard InChI is InChI=1S/C19H24FN3O2/c1-21-19(22-10-9-15-5-3-4-6-18(15)25-2)23-12-14-7-8-17(20)16(11-14)13-24/h3-8,11,24H,9-10,12-13H2,1-2H3,(H2,21,22,23). The third-order valence-electron chi connectivity index (χ3n) is 3.84. The maximum Gasteiger partial charge on any atom is 0.191 e. The van der Waals surface area contributed by atoms with Gasteiger partial charge in [0.15, 0.2) is 5.96 Å². The van der Waals surface area contributed by atoms with Gasteiger partial charge in [0.2, 0.25) is 0 Å². The zero-order valence-corrected chi connectivity index (χ0v) is 14.6. The Morgan fingerprint density at radius 2 is 1.96 bits per heavy atom. The van der Waals surface area contributed by atoms with E-state index in [-0.39, 0.29) is 6.61 Å². The summed E-state index contributed by atoms with van der Waals surface area (Å²) in [7, 11) is 3.36. The molecule has 0 fully saturated rings. The third kappa shape index (κ3) is 5.46. The molecule has 25 heavy (non-hydrogen) atoms. The summed E-state index contributed by atoms with van der Waals surface area (Å²) in [6.07, 6.45) is 0.802. The van der Waals surface area contributed by atoms with Crippen LogP contribution >= 0.6 is 0 Å². The Morgan fingerprint density at radius 1 is 1.16 bits per heavy atom. The molecule has 0 atom stereocenters. The topological polar surface area (TPSA) is 65.9 Å². The molecule has 3 N–H and O–H groups in total. The van der Waals surface area contributed by atoms with Crippen LogP contribution in [0, 0.1) is 5.82 Å². The van der Waals surface area contributed by atoms with Gasteiger partial charge in [-0.15, -0.1) is 0 Å². The number of nitrogens with one attached hydrogen (secondary N) is 2. The van der Waals surface area contributed by atoms with E-state index in [1.54, 1.807) is 26.3 Å². The summed E-state index contributed by atoms with van der Waals surface area (Å²) in [5.74, 6) is 1.13. The van der Waals surface area contributed by atoms with Crippen LogP contribution in [0.3, 0.4) is 0 Å². The number of ether oxygens (including phenoxy) is 1. The van der Waals surface area contributed by atoms with Gasteiger partial charge >= 0.3 is 0 Å². The highest BCUT2D eigenvalue weighted by atomic mass is 19.1. The van der Waals surface area contributed by atoms with Gasteiger partial charge in [-0.05, 0) is 35.7 Å².